The predicted octanol–water partition coefficient (Wildman–Crippen LogP) is 0.806. The second kappa shape index (κ2) is 6.85. The highest BCUT2D eigenvalue weighted by Gasteiger charge is 2.19. The van der Waals surface area contributed by atoms with Gasteiger partial charge in [-0.15, -0.1) is 0 Å². The lowest BCUT2D eigenvalue weighted by Gasteiger charge is -2.31. The van der Waals surface area contributed by atoms with Crippen molar-refractivity contribution < 1.29 is 14.4 Å². The molecule has 1 aromatic rings. The molecule has 0 saturated carbocycles. The molecule has 0 aromatic carbocycles. The van der Waals surface area contributed by atoms with E-state index >= 15 is 0 Å². The molecule has 0 radical (unpaired) electrons. The second-order valence-electron chi connectivity index (χ2n) is 5.68. The molecule has 1 aromatic heterocycles. The third kappa shape index (κ3) is 4.31. The van der Waals surface area contributed by atoms with E-state index in [1.54, 1.807) is 13.0 Å². The molecule has 1 amide bonds. The molecule has 1 aliphatic rings. The van der Waals surface area contributed by atoms with Crippen LogP contribution < -0.4 is 5.32 Å². The van der Waals surface area contributed by atoms with E-state index in [0.717, 1.165) is 19.0 Å². The van der Waals surface area contributed by atoms with Crippen molar-refractivity contribution in [1.82, 2.24) is 15.4 Å². The standard InChI is InChI=1S/C14H23N3O3/c1-10-3-5-17(6-4-10)9-12(18)8-15-14(19)13-7-11(2)16-20-13/h7,10,12,18H,3-6,8-9H2,1-2H3,(H,15,19). The first kappa shape index (κ1) is 15.0. The topological polar surface area (TPSA) is 78.6 Å². The van der Waals surface area contributed by atoms with Crippen molar-refractivity contribution in [1.29, 1.82) is 0 Å². The quantitative estimate of drug-likeness (QED) is 0.835. The molecule has 0 bridgehead atoms. The van der Waals surface area contributed by atoms with Gasteiger partial charge in [0.25, 0.3) is 5.91 Å². The van der Waals surface area contributed by atoms with Crippen molar-refractivity contribution in [3.05, 3.63) is 17.5 Å². The van der Waals surface area contributed by atoms with E-state index in [1.165, 1.54) is 12.8 Å². The Balaban J connectivity index is 1.69. The zero-order valence-electron chi connectivity index (χ0n) is 12.1. The monoisotopic (exact) mass is 281 g/mol. The lowest BCUT2D eigenvalue weighted by atomic mass is 9.99. The van der Waals surface area contributed by atoms with Crippen LogP contribution in [0.25, 0.3) is 0 Å². The van der Waals surface area contributed by atoms with Gasteiger partial charge in [-0.2, -0.15) is 0 Å². The summed E-state index contributed by atoms with van der Waals surface area (Å²) in [6, 6.07) is 1.58. The number of hydrogen-bond donors (Lipinski definition) is 2. The highest BCUT2D eigenvalue weighted by atomic mass is 16.5. The number of rotatable bonds is 5. The van der Waals surface area contributed by atoms with Crippen LogP contribution in [0.2, 0.25) is 0 Å². The van der Waals surface area contributed by atoms with Crippen molar-refractivity contribution in [2.24, 2.45) is 5.92 Å². The maximum atomic E-state index is 11.7. The molecule has 2 N–H and O–H groups in total. The smallest absolute Gasteiger partial charge is 0.289 e. The van der Waals surface area contributed by atoms with Crippen LogP contribution in [-0.2, 0) is 0 Å². The summed E-state index contributed by atoms with van der Waals surface area (Å²) in [6.07, 6.45) is 1.80. The van der Waals surface area contributed by atoms with Crippen LogP contribution in [0.4, 0.5) is 0 Å². The largest absolute Gasteiger partial charge is 0.390 e. The summed E-state index contributed by atoms with van der Waals surface area (Å²) in [6.45, 7) is 6.88. The van der Waals surface area contributed by atoms with Crippen LogP contribution in [-0.4, -0.2) is 53.4 Å². The van der Waals surface area contributed by atoms with Gasteiger partial charge in [-0.1, -0.05) is 12.1 Å². The molecule has 1 aliphatic heterocycles. The average molecular weight is 281 g/mol. The molecular formula is C14H23N3O3. The van der Waals surface area contributed by atoms with E-state index in [2.05, 4.69) is 22.3 Å². The Labute approximate surface area is 119 Å². The van der Waals surface area contributed by atoms with E-state index in [1.807, 2.05) is 0 Å². The van der Waals surface area contributed by atoms with Gasteiger partial charge in [-0.05, 0) is 38.8 Å². The van der Waals surface area contributed by atoms with Gasteiger partial charge in [0, 0.05) is 19.2 Å². The number of hydrogen-bond acceptors (Lipinski definition) is 5. The minimum atomic E-state index is -0.559. The third-order valence-corrected chi connectivity index (χ3v) is 3.70. The van der Waals surface area contributed by atoms with E-state index in [4.69, 9.17) is 4.52 Å². The summed E-state index contributed by atoms with van der Waals surface area (Å²) in [5.74, 6) is 0.621. The van der Waals surface area contributed by atoms with Crippen LogP contribution in [0.15, 0.2) is 10.6 Å². The number of aliphatic hydroxyl groups excluding tert-OH is 1. The zero-order chi connectivity index (χ0) is 14.5. The average Bonchev–Trinajstić information content (AvgIpc) is 2.85. The number of carbonyl (C=O) groups is 1. The summed E-state index contributed by atoms with van der Waals surface area (Å²) in [7, 11) is 0. The fourth-order valence-electron chi connectivity index (χ4n) is 2.38. The number of amides is 1. The maximum Gasteiger partial charge on any atom is 0.289 e. The highest BCUT2D eigenvalue weighted by Crippen LogP contribution is 2.15. The second-order valence-corrected chi connectivity index (χ2v) is 5.68. The molecule has 1 fully saturated rings. The first-order valence-electron chi connectivity index (χ1n) is 7.16. The Morgan fingerprint density at radius 2 is 2.30 bits per heavy atom. The molecule has 20 heavy (non-hydrogen) atoms. The molecule has 112 valence electrons. The van der Waals surface area contributed by atoms with Crippen LogP contribution in [0.3, 0.4) is 0 Å². The summed E-state index contributed by atoms with van der Waals surface area (Å²) in [4.78, 5) is 14.0. The maximum absolute atomic E-state index is 11.7. The van der Waals surface area contributed by atoms with Gasteiger partial charge in [0.05, 0.1) is 11.8 Å². The molecule has 2 heterocycles. The minimum absolute atomic E-state index is 0.182. The highest BCUT2D eigenvalue weighted by molar-refractivity contribution is 5.91. The van der Waals surface area contributed by atoms with Gasteiger partial charge in [0.1, 0.15) is 0 Å². The number of carbonyl (C=O) groups excluding carboxylic acids is 1. The number of aryl methyl sites for hydroxylation is 1. The van der Waals surface area contributed by atoms with E-state index < -0.39 is 6.10 Å². The Kier molecular flexibility index (Phi) is 5.14. The molecule has 1 unspecified atom stereocenters. The number of aromatic nitrogens is 1. The number of nitrogens with zero attached hydrogens (tertiary/aromatic N) is 2. The van der Waals surface area contributed by atoms with Crippen LogP contribution in [0.5, 0.6) is 0 Å². The van der Waals surface area contributed by atoms with Crippen LogP contribution in [0.1, 0.15) is 36.0 Å². The number of likely N-dealkylation sites (tertiary alicyclic amines) is 1. The molecule has 6 heteroatoms. The number of piperidine rings is 1. The summed E-state index contributed by atoms with van der Waals surface area (Å²) < 4.78 is 4.87. The Morgan fingerprint density at radius 3 is 2.90 bits per heavy atom. The number of nitrogens with one attached hydrogen (secondary N) is 1. The van der Waals surface area contributed by atoms with Gasteiger partial charge < -0.3 is 19.8 Å². The fraction of sp³-hybridized carbons (Fsp3) is 0.714. The molecule has 1 saturated heterocycles. The van der Waals surface area contributed by atoms with Gasteiger partial charge in [0.15, 0.2) is 0 Å². The lowest BCUT2D eigenvalue weighted by molar-refractivity contribution is 0.0774. The van der Waals surface area contributed by atoms with E-state index in [0.29, 0.717) is 12.2 Å². The molecule has 2 rings (SSSR count). The van der Waals surface area contributed by atoms with Gasteiger partial charge in [0.2, 0.25) is 5.76 Å². The molecule has 0 aliphatic carbocycles. The molecule has 0 spiro atoms. The van der Waals surface area contributed by atoms with Gasteiger partial charge in [-0.25, -0.2) is 0 Å². The minimum Gasteiger partial charge on any atom is -0.390 e. The van der Waals surface area contributed by atoms with Gasteiger partial charge >= 0.3 is 0 Å². The zero-order valence-corrected chi connectivity index (χ0v) is 12.1. The van der Waals surface area contributed by atoms with Crippen LogP contribution in [0, 0.1) is 12.8 Å². The van der Waals surface area contributed by atoms with Crippen molar-refractivity contribution in [3.63, 3.8) is 0 Å². The first-order valence-corrected chi connectivity index (χ1v) is 7.16. The van der Waals surface area contributed by atoms with Crippen molar-refractivity contribution in [2.75, 3.05) is 26.2 Å². The van der Waals surface area contributed by atoms with E-state index in [9.17, 15) is 9.90 Å². The molecular weight excluding hydrogens is 258 g/mol. The summed E-state index contributed by atoms with van der Waals surface area (Å²) in [5.41, 5.74) is 0.665. The Bertz CT molecular complexity index is 439. The Morgan fingerprint density at radius 1 is 1.60 bits per heavy atom. The summed E-state index contributed by atoms with van der Waals surface area (Å²) in [5, 5.41) is 16.3. The number of aliphatic hydroxyl groups is 1. The van der Waals surface area contributed by atoms with Crippen molar-refractivity contribution in [2.45, 2.75) is 32.8 Å². The lowest BCUT2D eigenvalue weighted by Crippen LogP contribution is -2.43. The van der Waals surface area contributed by atoms with Crippen molar-refractivity contribution in [3.8, 4) is 0 Å². The third-order valence-electron chi connectivity index (χ3n) is 3.70. The fourth-order valence-corrected chi connectivity index (χ4v) is 2.38. The molecule has 1 atom stereocenters. The normalized spacial score (nSPS) is 18.9. The molecule has 6 nitrogen and oxygen atoms in total. The SMILES string of the molecule is Cc1cc(C(=O)NCC(O)CN2CCC(C)CC2)on1. The summed E-state index contributed by atoms with van der Waals surface area (Å²) >= 11 is 0. The van der Waals surface area contributed by atoms with Crippen LogP contribution >= 0.6 is 0 Å². The predicted molar refractivity (Wildman–Crippen MR) is 74.4 cm³/mol. The van der Waals surface area contributed by atoms with E-state index in [-0.39, 0.29) is 18.2 Å². The Hall–Kier alpha value is -1.40. The van der Waals surface area contributed by atoms with Gasteiger partial charge in [-0.3, -0.25) is 4.79 Å². The van der Waals surface area contributed by atoms with Crippen molar-refractivity contribution >= 4 is 5.91 Å². The first-order chi connectivity index (χ1) is 9.54. The number of β-amino-alcohol motifs (C(OH)–C–C–N with tert-alkyl or cyclic N) is 1.